The largest absolute Gasteiger partial charge is 0.480 e. The highest BCUT2D eigenvalue weighted by Crippen LogP contribution is 2.25. The number of hydrogen-bond acceptors (Lipinski definition) is 6. The molecule has 3 aromatic rings. The van der Waals surface area contributed by atoms with Gasteiger partial charge in [0, 0.05) is 36.8 Å². The molecular formula is C20H19N5O3. The second kappa shape index (κ2) is 7.59. The molecule has 1 atom stereocenters. The monoisotopic (exact) mass is 377 g/mol. The Morgan fingerprint density at radius 2 is 2.07 bits per heavy atom. The Labute approximate surface area is 161 Å². The SMILES string of the molecule is COc1ncccc1C(=O)NC1CCCn2c1nc(-c1ccncc1)cc2=O. The molecule has 1 aliphatic rings. The molecule has 4 heterocycles. The van der Waals surface area contributed by atoms with E-state index in [-0.39, 0.29) is 23.4 Å². The standard InChI is InChI=1S/C20H19N5O3/c1-28-20-14(4-2-8-22-20)19(27)24-15-5-3-11-25-17(26)12-16(23-18(15)25)13-6-9-21-10-7-13/h2,4,6-10,12,15H,3,5,11H2,1H3,(H,24,27). The molecular weight excluding hydrogens is 358 g/mol. The zero-order chi connectivity index (χ0) is 19.5. The van der Waals surface area contributed by atoms with Gasteiger partial charge in [0.15, 0.2) is 0 Å². The van der Waals surface area contributed by atoms with Crippen LogP contribution in [-0.2, 0) is 6.54 Å². The molecule has 0 spiro atoms. The highest BCUT2D eigenvalue weighted by atomic mass is 16.5. The predicted octanol–water partition coefficient (Wildman–Crippen LogP) is 1.97. The lowest BCUT2D eigenvalue weighted by molar-refractivity contribution is 0.0923. The average Bonchev–Trinajstić information content (AvgIpc) is 2.74. The molecule has 4 rings (SSSR count). The lowest BCUT2D eigenvalue weighted by Gasteiger charge is -2.27. The zero-order valence-electron chi connectivity index (χ0n) is 15.3. The fourth-order valence-corrected chi connectivity index (χ4v) is 3.37. The summed E-state index contributed by atoms with van der Waals surface area (Å²) in [4.78, 5) is 38.2. The first kappa shape index (κ1) is 17.8. The predicted molar refractivity (Wildman–Crippen MR) is 102 cm³/mol. The third kappa shape index (κ3) is 3.36. The van der Waals surface area contributed by atoms with E-state index in [1.165, 1.54) is 13.2 Å². The normalized spacial score (nSPS) is 15.5. The fourth-order valence-electron chi connectivity index (χ4n) is 3.37. The van der Waals surface area contributed by atoms with Gasteiger partial charge < -0.3 is 10.1 Å². The minimum absolute atomic E-state index is 0.130. The van der Waals surface area contributed by atoms with Gasteiger partial charge in [0.2, 0.25) is 5.88 Å². The summed E-state index contributed by atoms with van der Waals surface area (Å²) < 4.78 is 6.80. The second-order valence-electron chi connectivity index (χ2n) is 6.45. The Morgan fingerprint density at radius 1 is 1.25 bits per heavy atom. The summed E-state index contributed by atoms with van der Waals surface area (Å²) >= 11 is 0. The number of hydrogen-bond donors (Lipinski definition) is 1. The van der Waals surface area contributed by atoms with Gasteiger partial charge in [-0.05, 0) is 37.1 Å². The first-order chi connectivity index (χ1) is 13.7. The van der Waals surface area contributed by atoms with E-state index < -0.39 is 0 Å². The maximum atomic E-state index is 12.8. The number of aromatic nitrogens is 4. The molecule has 1 aliphatic heterocycles. The van der Waals surface area contributed by atoms with E-state index in [0.717, 1.165) is 12.0 Å². The van der Waals surface area contributed by atoms with Crippen molar-refractivity contribution in [1.29, 1.82) is 0 Å². The van der Waals surface area contributed by atoms with Crippen LogP contribution in [0.25, 0.3) is 11.3 Å². The van der Waals surface area contributed by atoms with Crippen LogP contribution in [0.4, 0.5) is 0 Å². The molecule has 1 unspecified atom stereocenters. The number of fused-ring (bicyclic) bond motifs is 1. The van der Waals surface area contributed by atoms with E-state index in [4.69, 9.17) is 4.74 Å². The number of pyridine rings is 2. The molecule has 0 saturated heterocycles. The summed E-state index contributed by atoms with van der Waals surface area (Å²) in [6, 6.07) is 8.08. The number of rotatable bonds is 4. The Balaban J connectivity index is 1.69. The second-order valence-corrected chi connectivity index (χ2v) is 6.45. The molecule has 1 amide bonds. The highest BCUT2D eigenvalue weighted by molar-refractivity contribution is 5.96. The maximum absolute atomic E-state index is 12.8. The Kier molecular flexibility index (Phi) is 4.84. The van der Waals surface area contributed by atoms with Gasteiger partial charge in [-0.25, -0.2) is 9.97 Å². The van der Waals surface area contributed by atoms with Crippen LogP contribution >= 0.6 is 0 Å². The van der Waals surface area contributed by atoms with Gasteiger partial charge in [-0.1, -0.05) is 0 Å². The third-order valence-electron chi connectivity index (χ3n) is 4.71. The summed E-state index contributed by atoms with van der Waals surface area (Å²) in [5.41, 5.74) is 1.59. The molecule has 8 nitrogen and oxygen atoms in total. The van der Waals surface area contributed by atoms with Gasteiger partial charge in [-0.3, -0.25) is 19.1 Å². The van der Waals surface area contributed by atoms with Gasteiger partial charge >= 0.3 is 0 Å². The minimum Gasteiger partial charge on any atom is -0.480 e. The van der Waals surface area contributed by atoms with Gasteiger partial charge in [0.05, 0.1) is 18.8 Å². The first-order valence-corrected chi connectivity index (χ1v) is 8.99. The van der Waals surface area contributed by atoms with E-state index in [1.54, 1.807) is 47.4 Å². The number of carbonyl (C=O) groups is 1. The van der Waals surface area contributed by atoms with Crippen molar-refractivity contribution < 1.29 is 9.53 Å². The molecule has 0 aromatic carbocycles. The van der Waals surface area contributed by atoms with Crippen molar-refractivity contribution >= 4 is 5.91 Å². The molecule has 0 fully saturated rings. The summed E-state index contributed by atoms with van der Waals surface area (Å²) in [6.45, 7) is 0.584. The van der Waals surface area contributed by atoms with Crippen LogP contribution in [0.15, 0.2) is 53.7 Å². The van der Waals surface area contributed by atoms with Gasteiger partial charge in [-0.15, -0.1) is 0 Å². The third-order valence-corrected chi connectivity index (χ3v) is 4.71. The summed E-state index contributed by atoms with van der Waals surface area (Å²) in [7, 11) is 1.47. The zero-order valence-corrected chi connectivity index (χ0v) is 15.3. The number of methoxy groups -OCH3 is 1. The lowest BCUT2D eigenvalue weighted by atomic mass is 10.0. The molecule has 0 aliphatic carbocycles. The van der Waals surface area contributed by atoms with Crippen LogP contribution in [0.2, 0.25) is 0 Å². The van der Waals surface area contributed by atoms with Crippen LogP contribution in [0.1, 0.15) is 35.1 Å². The molecule has 0 bridgehead atoms. The number of carbonyl (C=O) groups excluding carboxylic acids is 1. The van der Waals surface area contributed by atoms with Crippen molar-refractivity contribution in [3.8, 4) is 17.1 Å². The summed E-state index contributed by atoms with van der Waals surface area (Å²) in [6.07, 6.45) is 6.34. The molecule has 0 saturated carbocycles. The lowest BCUT2D eigenvalue weighted by Crippen LogP contribution is -2.38. The number of amides is 1. The van der Waals surface area contributed by atoms with Crippen molar-refractivity contribution in [3.63, 3.8) is 0 Å². The van der Waals surface area contributed by atoms with E-state index in [0.29, 0.717) is 30.0 Å². The van der Waals surface area contributed by atoms with Crippen molar-refractivity contribution in [2.75, 3.05) is 7.11 Å². The molecule has 28 heavy (non-hydrogen) atoms. The van der Waals surface area contributed by atoms with E-state index in [9.17, 15) is 9.59 Å². The van der Waals surface area contributed by atoms with Crippen molar-refractivity contribution in [2.24, 2.45) is 0 Å². The van der Waals surface area contributed by atoms with Crippen LogP contribution in [-0.4, -0.2) is 32.5 Å². The van der Waals surface area contributed by atoms with Crippen molar-refractivity contribution in [1.82, 2.24) is 24.8 Å². The van der Waals surface area contributed by atoms with Crippen molar-refractivity contribution in [3.05, 3.63) is 70.7 Å². The topological polar surface area (TPSA) is 99.0 Å². The fraction of sp³-hybridized carbons (Fsp3) is 0.250. The van der Waals surface area contributed by atoms with Crippen LogP contribution in [0, 0.1) is 0 Å². The summed E-state index contributed by atoms with van der Waals surface area (Å²) in [5.74, 6) is 0.500. The average molecular weight is 377 g/mol. The van der Waals surface area contributed by atoms with Gasteiger partial charge in [-0.2, -0.15) is 0 Å². The van der Waals surface area contributed by atoms with E-state index in [2.05, 4.69) is 20.3 Å². The number of nitrogens with one attached hydrogen (secondary N) is 1. The summed E-state index contributed by atoms with van der Waals surface area (Å²) in [5, 5.41) is 2.98. The number of ether oxygens (including phenoxy) is 1. The molecule has 3 aromatic heterocycles. The molecule has 1 N–H and O–H groups in total. The maximum Gasteiger partial charge on any atom is 0.257 e. The van der Waals surface area contributed by atoms with Crippen LogP contribution in [0.3, 0.4) is 0 Å². The Bertz CT molecular complexity index is 1060. The molecule has 142 valence electrons. The number of nitrogens with zero attached hydrogens (tertiary/aromatic N) is 4. The van der Waals surface area contributed by atoms with Crippen molar-refractivity contribution in [2.45, 2.75) is 25.4 Å². The Hall–Kier alpha value is -3.55. The van der Waals surface area contributed by atoms with E-state index in [1.807, 2.05) is 0 Å². The highest BCUT2D eigenvalue weighted by Gasteiger charge is 2.26. The molecule has 8 heteroatoms. The first-order valence-electron chi connectivity index (χ1n) is 8.99. The quantitative estimate of drug-likeness (QED) is 0.746. The Morgan fingerprint density at radius 3 is 2.86 bits per heavy atom. The van der Waals surface area contributed by atoms with Crippen LogP contribution < -0.4 is 15.6 Å². The smallest absolute Gasteiger partial charge is 0.257 e. The van der Waals surface area contributed by atoms with Gasteiger partial charge in [0.25, 0.3) is 11.5 Å². The van der Waals surface area contributed by atoms with E-state index >= 15 is 0 Å². The minimum atomic E-state index is -0.374. The van der Waals surface area contributed by atoms with Gasteiger partial charge in [0.1, 0.15) is 11.4 Å². The van der Waals surface area contributed by atoms with Crippen LogP contribution in [0.5, 0.6) is 5.88 Å². The molecule has 0 radical (unpaired) electrons.